The Bertz CT molecular complexity index is 1010. The summed E-state index contributed by atoms with van der Waals surface area (Å²) in [4.78, 5) is 4.10. The number of benzene rings is 1. The molecule has 0 atom stereocenters. The van der Waals surface area contributed by atoms with Gasteiger partial charge in [0.2, 0.25) is 0 Å². The summed E-state index contributed by atoms with van der Waals surface area (Å²) in [6.07, 6.45) is 4.62. The van der Waals surface area contributed by atoms with E-state index in [-0.39, 0.29) is 10.4 Å². The Kier molecular flexibility index (Phi) is 4.74. The predicted octanol–water partition coefficient (Wildman–Crippen LogP) is 3.92. The Morgan fingerprint density at radius 2 is 2.00 bits per heavy atom. The average molecular weight is 422 g/mol. The lowest BCUT2D eigenvalue weighted by Gasteiger charge is -2.20. The van der Waals surface area contributed by atoms with Gasteiger partial charge in [-0.25, -0.2) is 12.4 Å². The van der Waals surface area contributed by atoms with Crippen LogP contribution in [0.25, 0.3) is 10.9 Å². The second kappa shape index (κ2) is 6.55. The fourth-order valence-corrected chi connectivity index (χ4v) is 4.25. The lowest BCUT2D eigenvalue weighted by Crippen LogP contribution is -2.35. The third-order valence-corrected chi connectivity index (χ3v) is 5.97. The second-order valence-electron chi connectivity index (χ2n) is 6.91. The van der Waals surface area contributed by atoms with Crippen LogP contribution in [-0.4, -0.2) is 22.9 Å². The summed E-state index contributed by atoms with van der Waals surface area (Å²) in [5.74, 6) is 0. The van der Waals surface area contributed by atoms with Crippen LogP contribution >= 0.6 is 15.9 Å². The molecule has 1 aromatic carbocycles. The first-order chi connectivity index (χ1) is 11.7. The van der Waals surface area contributed by atoms with Crippen LogP contribution in [-0.2, 0) is 16.6 Å². The van der Waals surface area contributed by atoms with E-state index in [1.807, 2.05) is 18.2 Å². The number of aromatic nitrogens is 2. The van der Waals surface area contributed by atoms with Crippen molar-refractivity contribution in [3.8, 4) is 0 Å². The molecule has 7 heteroatoms. The Morgan fingerprint density at radius 1 is 1.24 bits per heavy atom. The number of pyridine rings is 1. The number of halogens is 1. The molecule has 0 saturated carbocycles. The van der Waals surface area contributed by atoms with Crippen LogP contribution in [0.5, 0.6) is 0 Å². The van der Waals surface area contributed by atoms with Gasteiger partial charge < -0.3 is 5.32 Å². The van der Waals surface area contributed by atoms with Gasteiger partial charge in [0.25, 0.3) is 10.0 Å². The summed E-state index contributed by atoms with van der Waals surface area (Å²) in [5, 5.41) is 4.33. The molecule has 0 amide bonds. The quantitative estimate of drug-likeness (QED) is 0.692. The van der Waals surface area contributed by atoms with Gasteiger partial charge in [0.15, 0.2) is 0 Å². The summed E-state index contributed by atoms with van der Waals surface area (Å²) in [6.45, 7) is 6.82. The molecule has 0 saturated heterocycles. The standard InChI is InChI=1S/C18H20BrN3O2S/c1-18(2,3)21-10-13-12-22(17-9-14(19)6-7-16(13)17)25(23,24)15-5-4-8-20-11-15/h4-9,11-12,21H,10H2,1-3H3. The molecule has 3 rings (SSSR count). The number of nitrogens with one attached hydrogen (secondary N) is 1. The largest absolute Gasteiger partial charge is 0.308 e. The van der Waals surface area contributed by atoms with E-state index in [0.29, 0.717) is 12.1 Å². The van der Waals surface area contributed by atoms with Crippen molar-refractivity contribution in [2.75, 3.05) is 0 Å². The second-order valence-corrected chi connectivity index (χ2v) is 9.64. The minimum atomic E-state index is -3.71. The highest BCUT2D eigenvalue weighted by atomic mass is 79.9. The van der Waals surface area contributed by atoms with Crippen LogP contribution in [0.1, 0.15) is 26.3 Å². The van der Waals surface area contributed by atoms with Crippen molar-refractivity contribution in [2.45, 2.75) is 37.8 Å². The van der Waals surface area contributed by atoms with Crippen LogP contribution in [0.4, 0.5) is 0 Å². The van der Waals surface area contributed by atoms with E-state index in [1.54, 1.807) is 24.5 Å². The van der Waals surface area contributed by atoms with Crippen LogP contribution in [0, 0.1) is 0 Å². The molecule has 0 spiro atoms. The summed E-state index contributed by atoms with van der Waals surface area (Å²) >= 11 is 3.43. The van der Waals surface area contributed by atoms with Crippen molar-refractivity contribution >= 4 is 36.9 Å². The third-order valence-electron chi connectivity index (χ3n) is 3.82. The van der Waals surface area contributed by atoms with E-state index in [2.05, 4.69) is 47.0 Å². The van der Waals surface area contributed by atoms with Crippen molar-refractivity contribution < 1.29 is 8.42 Å². The summed E-state index contributed by atoms with van der Waals surface area (Å²) in [5.41, 5.74) is 1.51. The summed E-state index contributed by atoms with van der Waals surface area (Å²) in [6, 6.07) is 8.86. The lowest BCUT2D eigenvalue weighted by molar-refractivity contribution is 0.425. The topological polar surface area (TPSA) is 64.0 Å². The van der Waals surface area contributed by atoms with Gasteiger partial charge in [0.1, 0.15) is 4.90 Å². The minimum absolute atomic E-state index is 0.0635. The maximum absolute atomic E-state index is 13.1. The van der Waals surface area contributed by atoms with Crippen LogP contribution in [0.2, 0.25) is 0 Å². The molecule has 5 nitrogen and oxygen atoms in total. The van der Waals surface area contributed by atoms with Gasteiger partial charge in [-0.15, -0.1) is 0 Å². The average Bonchev–Trinajstić information content (AvgIpc) is 2.91. The van der Waals surface area contributed by atoms with Crippen molar-refractivity contribution in [1.29, 1.82) is 0 Å². The number of rotatable bonds is 4. The van der Waals surface area contributed by atoms with Crippen molar-refractivity contribution in [1.82, 2.24) is 14.3 Å². The molecule has 25 heavy (non-hydrogen) atoms. The van der Waals surface area contributed by atoms with Gasteiger partial charge in [-0.1, -0.05) is 22.0 Å². The first-order valence-electron chi connectivity index (χ1n) is 7.89. The van der Waals surface area contributed by atoms with E-state index < -0.39 is 10.0 Å². The highest BCUT2D eigenvalue weighted by Crippen LogP contribution is 2.28. The molecule has 0 unspecified atom stereocenters. The molecule has 0 aliphatic carbocycles. The molecule has 0 bridgehead atoms. The smallest absolute Gasteiger partial charge is 0.269 e. The number of nitrogens with zero attached hydrogens (tertiary/aromatic N) is 2. The zero-order chi connectivity index (χ0) is 18.2. The first kappa shape index (κ1) is 18.1. The Hall–Kier alpha value is -1.70. The Morgan fingerprint density at radius 3 is 2.64 bits per heavy atom. The van der Waals surface area contributed by atoms with E-state index in [9.17, 15) is 8.42 Å². The SMILES string of the molecule is CC(C)(C)NCc1cn(S(=O)(=O)c2cccnc2)c2cc(Br)ccc12. The highest BCUT2D eigenvalue weighted by molar-refractivity contribution is 9.10. The van der Waals surface area contributed by atoms with Gasteiger partial charge >= 0.3 is 0 Å². The summed E-state index contributed by atoms with van der Waals surface area (Å²) in [7, 11) is -3.71. The van der Waals surface area contributed by atoms with Crippen molar-refractivity contribution in [3.63, 3.8) is 0 Å². The van der Waals surface area contributed by atoms with Crippen molar-refractivity contribution in [3.05, 3.63) is 59.0 Å². The zero-order valence-electron chi connectivity index (χ0n) is 14.3. The normalized spacial score (nSPS) is 12.6. The van der Waals surface area contributed by atoms with Crippen LogP contribution in [0.3, 0.4) is 0 Å². The van der Waals surface area contributed by atoms with E-state index in [1.165, 1.54) is 10.2 Å². The molecule has 0 aliphatic rings. The molecule has 2 heterocycles. The lowest BCUT2D eigenvalue weighted by atomic mass is 10.1. The number of hydrogen-bond donors (Lipinski definition) is 1. The fraction of sp³-hybridized carbons (Fsp3) is 0.278. The van der Waals surface area contributed by atoms with E-state index in [0.717, 1.165) is 15.4 Å². The monoisotopic (exact) mass is 421 g/mol. The molecule has 0 fully saturated rings. The number of hydrogen-bond acceptors (Lipinski definition) is 4. The molecule has 1 N–H and O–H groups in total. The maximum Gasteiger partial charge on any atom is 0.269 e. The summed E-state index contributed by atoms with van der Waals surface area (Å²) < 4.78 is 28.3. The third kappa shape index (κ3) is 3.78. The van der Waals surface area contributed by atoms with Gasteiger partial charge in [-0.2, -0.15) is 0 Å². The fourth-order valence-electron chi connectivity index (χ4n) is 2.55. The first-order valence-corrected chi connectivity index (χ1v) is 10.1. The molecule has 132 valence electrons. The van der Waals surface area contributed by atoms with Crippen LogP contribution < -0.4 is 5.32 Å². The van der Waals surface area contributed by atoms with E-state index in [4.69, 9.17) is 0 Å². The van der Waals surface area contributed by atoms with Crippen LogP contribution in [0.15, 0.2) is 58.3 Å². The predicted molar refractivity (Wildman–Crippen MR) is 103 cm³/mol. The van der Waals surface area contributed by atoms with E-state index >= 15 is 0 Å². The number of fused-ring (bicyclic) bond motifs is 1. The van der Waals surface area contributed by atoms with Gasteiger partial charge in [-0.3, -0.25) is 4.98 Å². The Balaban J connectivity index is 2.17. The molecule has 2 aromatic heterocycles. The molecular weight excluding hydrogens is 402 g/mol. The molecule has 0 radical (unpaired) electrons. The molecular formula is C18H20BrN3O2S. The molecule has 3 aromatic rings. The minimum Gasteiger partial charge on any atom is -0.308 e. The van der Waals surface area contributed by atoms with Gasteiger partial charge in [0, 0.05) is 40.5 Å². The highest BCUT2D eigenvalue weighted by Gasteiger charge is 2.22. The Labute approximate surface area is 156 Å². The van der Waals surface area contributed by atoms with Gasteiger partial charge in [-0.05, 0) is 50.6 Å². The van der Waals surface area contributed by atoms with Crippen molar-refractivity contribution in [2.24, 2.45) is 0 Å². The van der Waals surface area contributed by atoms with Gasteiger partial charge in [0.05, 0.1) is 5.52 Å². The molecule has 0 aliphatic heterocycles. The maximum atomic E-state index is 13.1. The zero-order valence-corrected chi connectivity index (χ0v) is 16.7.